The summed E-state index contributed by atoms with van der Waals surface area (Å²) in [5.41, 5.74) is 9.25. The highest BCUT2D eigenvalue weighted by molar-refractivity contribution is 5.57. The maximum atomic E-state index is 5.97. The van der Waals surface area contributed by atoms with Gasteiger partial charge in [0.15, 0.2) is 0 Å². The number of methoxy groups -OCH3 is 1. The Morgan fingerprint density at radius 2 is 1.62 bits per heavy atom. The van der Waals surface area contributed by atoms with E-state index in [1.165, 1.54) is 11.1 Å². The molecule has 72 valence electrons. The highest BCUT2D eigenvalue weighted by atomic mass is 16.5. The van der Waals surface area contributed by atoms with Crippen LogP contribution in [0.2, 0.25) is 0 Å². The summed E-state index contributed by atoms with van der Waals surface area (Å²) in [6.07, 6.45) is 1.91. The molecule has 0 heterocycles. The average molecular weight is 179 g/mol. The smallest absolute Gasteiger partial charge is 0.119 e. The van der Waals surface area contributed by atoms with E-state index in [1.54, 1.807) is 7.11 Å². The van der Waals surface area contributed by atoms with Crippen molar-refractivity contribution in [3.05, 3.63) is 23.3 Å². The first-order chi connectivity index (χ1) is 6.22. The van der Waals surface area contributed by atoms with Crippen LogP contribution in [0.4, 0.5) is 5.69 Å². The van der Waals surface area contributed by atoms with Gasteiger partial charge in [-0.05, 0) is 36.1 Å². The van der Waals surface area contributed by atoms with E-state index in [2.05, 4.69) is 13.8 Å². The predicted molar refractivity (Wildman–Crippen MR) is 56.2 cm³/mol. The van der Waals surface area contributed by atoms with E-state index in [4.69, 9.17) is 10.5 Å². The van der Waals surface area contributed by atoms with Crippen LogP contribution < -0.4 is 10.5 Å². The van der Waals surface area contributed by atoms with Gasteiger partial charge in [0.1, 0.15) is 5.75 Å². The Labute approximate surface area is 79.7 Å². The summed E-state index contributed by atoms with van der Waals surface area (Å²) in [4.78, 5) is 0. The molecule has 0 atom stereocenters. The molecule has 0 spiro atoms. The second-order valence-electron chi connectivity index (χ2n) is 3.07. The lowest BCUT2D eigenvalue weighted by atomic mass is 10.0. The van der Waals surface area contributed by atoms with Crippen LogP contribution in [0.5, 0.6) is 5.75 Å². The standard InChI is InChI=1S/C11H17NO/c1-4-8-6-10(13-3)7-9(5-2)11(8)12/h6-7H,4-5,12H2,1-3H3. The Morgan fingerprint density at radius 1 is 1.15 bits per heavy atom. The van der Waals surface area contributed by atoms with Crippen molar-refractivity contribution in [2.45, 2.75) is 26.7 Å². The zero-order valence-corrected chi connectivity index (χ0v) is 8.55. The summed E-state index contributed by atoms with van der Waals surface area (Å²) < 4.78 is 5.20. The molecular weight excluding hydrogens is 162 g/mol. The second-order valence-corrected chi connectivity index (χ2v) is 3.07. The fourth-order valence-electron chi connectivity index (χ4n) is 1.45. The minimum absolute atomic E-state index is 0.905. The summed E-state index contributed by atoms with van der Waals surface area (Å²) in [5.74, 6) is 0.905. The van der Waals surface area contributed by atoms with Crippen LogP contribution in [0, 0.1) is 0 Å². The normalized spacial score (nSPS) is 10.1. The van der Waals surface area contributed by atoms with Crippen LogP contribution >= 0.6 is 0 Å². The molecule has 0 saturated carbocycles. The van der Waals surface area contributed by atoms with E-state index in [0.29, 0.717) is 0 Å². The Morgan fingerprint density at radius 3 is 1.92 bits per heavy atom. The third-order valence-corrected chi connectivity index (χ3v) is 2.32. The molecule has 0 aromatic heterocycles. The first kappa shape index (κ1) is 9.90. The van der Waals surface area contributed by atoms with Crippen molar-refractivity contribution in [1.82, 2.24) is 0 Å². The number of benzene rings is 1. The summed E-state index contributed by atoms with van der Waals surface area (Å²) >= 11 is 0. The van der Waals surface area contributed by atoms with E-state index >= 15 is 0 Å². The van der Waals surface area contributed by atoms with Gasteiger partial charge >= 0.3 is 0 Å². The molecule has 1 aromatic rings. The van der Waals surface area contributed by atoms with Gasteiger partial charge in [-0.15, -0.1) is 0 Å². The zero-order chi connectivity index (χ0) is 9.84. The van der Waals surface area contributed by atoms with Crippen molar-refractivity contribution >= 4 is 5.69 Å². The van der Waals surface area contributed by atoms with Crippen LogP contribution in [0.25, 0.3) is 0 Å². The number of hydrogen-bond acceptors (Lipinski definition) is 2. The summed E-state index contributed by atoms with van der Waals surface area (Å²) in [6, 6.07) is 4.02. The molecule has 2 N–H and O–H groups in total. The van der Waals surface area contributed by atoms with Gasteiger partial charge in [-0.2, -0.15) is 0 Å². The van der Waals surface area contributed by atoms with Gasteiger partial charge in [0, 0.05) is 5.69 Å². The van der Waals surface area contributed by atoms with Gasteiger partial charge in [-0.3, -0.25) is 0 Å². The van der Waals surface area contributed by atoms with Gasteiger partial charge in [-0.25, -0.2) is 0 Å². The molecule has 0 radical (unpaired) electrons. The van der Waals surface area contributed by atoms with Crippen molar-refractivity contribution in [1.29, 1.82) is 0 Å². The van der Waals surface area contributed by atoms with E-state index in [1.807, 2.05) is 12.1 Å². The molecule has 0 saturated heterocycles. The van der Waals surface area contributed by atoms with Gasteiger partial charge in [0.2, 0.25) is 0 Å². The van der Waals surface area contributed by atoms with E-state index in [9.17, 15) is 0 Å². The van der Waals surface area contributed by atoms with E-state index in [-0.39, 0.29) is 0 Å². The number of rotatable bonds is 3. The van der Waals surface area contributed by atoms with Crippen molar-refractivity contribution in [2.24, 2.45) is 0 Å². The third-order valence-electron chi connectivity index (χ3n) is 2.32. The van der Waals surface area contributed by atoms with Crippen LogP contribution in [-0.4, -0.2) is 7.11 Å². The molecular formula is C11H17NO. The van der Waals surface area contributed by atoms with Gasteiger partial charge in [0.25, 0.3) is 0 Å². The quantitative estimate of drug-likeness (QED) is 0.723. The number of nitrogen functional groups attached to an aromatic ring is 1. The zero-order valence-electron chi connectivity index (χ0n) is 8.55. The molecule has 0 aliphatic rings. The summed E-state index contributed by atoms with van der Waals surface area (Å²) in [5, 5.41) is 0. The van der Waals surface area contributed by atoms with E-state index in [0.717, 1.165) is 24.3 Å². The molecule has 1 aromatic carbocycles. The van der Waals surface area contributed by atoms with Gasteiger partial charge in [0.05, 0.1) is 7.11 Å². The number of aryl methyl sites for hydroxylation is 2. The second kappa shape index (κ2) is 4.17. The van der Waals surface area contributed by atoms with Gasteiger partial charge < -0.3 is 10.5 Å². The first-order valence-electron chi connectivity index (χ1n) is 4.68. The lowest BCUT2D eigenvalue weighted by Crippen LogP contribution is -1.99. The molecule has 2 nitrogen and oxygen atoms in total. The summed E-state index contributed by atoms with van der Waals surface area (Å²) in [6.45, 7) is 4.20. The van der Waals surface area contributed by atoms with Crippen LogP contribution in [0.1, 0.15) is 25.0 Å². The third kappa shape index (κ3) is 1.94. The van der Waals surface area contributed by atoms with Crippen LogP contribution in [-0.2, 0) is 12.8 Å². The lowest BCUT2D eigenvalue weighted by Gasteiger charge is -2.11. The molecule has 0 bridgehead atoms. The monoisotopic (exact) mass is 179 g/mol. The Kier molecular flexibility index (Phi) is 3.18. The fraction of sp³-hybridized carbons (Fsp3) is 0.455. The van der Waals surface area contributed by atoms with Crippen molar-refractivity contribution < 1.29 is 4.74 Å². The molecule has 0 aliphatic carbocycles. The molecule has 1 rings (SSSR count). The minimum Gasteiger partial charge on any atom is -0.497 e. The van der Waals surface area contributed by atoms with Crippen molar-refractivity contribution in [3.63, 3.8) is 0 Å². The first-order valence-corrected chi connectivity index (χ1v) is 4.68. The van der Waals surface area contributed by atoms with Gasteiger partial charge in [-0.1, -0.05) is 13.8 Å². The van der Waals surface area contributed by atoms with E-state index < -0.39 is 0 Å². The van der Waals surface area contributed by atoms with Crippen molar-refractivity contribution in [3.8, 4) is 5.75 Å². The minimum atomic E-state index is 0.905. The molecule has 0 amide bonds. The Hall–Kier alpha value is -1.18. The largest absolute Gasteiger partial charge is 0.497 e. The van der Waals surface area contributed by atoms with Crippen LogP contribution in [0.15, 0.2) is 12.1 Å². The number of ether oxygens (including phenoxy) is 1. The number of anilines is 1. The van der Waals surface area contributed by atoms with Crippen molar-refractivity contribution in [2.75, 3.05) is 12.8 Å². The fourth-order valence-corrected chi connectivity index (χ4v) is 1.45. The molecule has 0 fully saturated rings. The predicted octanol–water partition coefficient (Wildman–Crippen LogP) is 2.40. The molecule has 0 unspecified atom stereocenters. The van der Waals surface area contributed by atoms with Crippen LogP contribution in [0.3, 0.4) is 0 Å². The highest BCUT2D eigenvalue weighted by Crippen LogP contribution is 2.25. The molecule has 0 aliphatic heterocycles. The number of nitrogens with two attached hydrogens (primary N) is 1. The maximum absolute atomic E-state index is 5.97. The lowest BCUT2D eigenvalue weighted by molar-refractivity contribution is 0.414. The molecule has 2 heteroatoms. The SMILES string of the molecule is CCc1cc(OC)cc(CC)c1N. The Balaban J connectivity index is 3.20. The highest BCUT2D eigenvalue weighted by Gasteiger charge is 2.05. The Bertz CT molecular complexity index is 269. The summed E-state index contributed by atoms with van der Waals surface area (Å²) in [7, 11) is 1.68. The maximum Gasteiger partial charge on any atom is 0.119 e. The average Bonchev–Trinajstić information content (AvgIpc) is 2.18. The molecule has 13 heavy (non-hydrogen) atoms. The number of hydrogen-bond donors (Lipinski definition) is 1. The topological polar surface area (TPSA) is 35.2 Å².